The molecule has 0 atom stereocenters. The van der Waals surface area contributed by atoms with Crippen molar-refractivity contribution in [2.24, 2.45) is 0 Å². The molecule has 7 heteroatoms. The summed E-state index contributed by atoms with van der Waals surface area (Å²) in [5, 5.41) is 0.825. The first-order valence-corrected chi connectivity index (χ1v) is 7.99. The van der Waals surface area contributed by atoms with Crippen LogP contribution in [0.1, 0.15) is 11.3 Å². The van der Waals surface area contributed by atoms with Crippen molar-refractivity contribution in [3.63, 3.8) is 0 Å². The van der Waals surface area contributed by atoms with E-state index in [-0.39, 0.29) is 11.4 Å². The number of benzene rings is 1. The number of nitrogens with zero attached hydrogens (tertiary/aromatic N) is 1. The van der Waals surface area contributed by atoms with Crippen molar-refractivity contribution < 1.29 is 8.42 Å². The third kappa shape index (κ3) is 3.93. The summed E-state index contributed by atoms with van der Waals surface area (Å²) in [6.45, 7) is 1.94. The molecule has 106 valence electrons. The second-order valence-electron chi connectivity index (χ2n) is 4.22. The summed E-state index contributed by atoms with van der Waals surface area (Å²) in [5.41, 5.74) is 1.48. The Morgan fingerprint density at radius 2 is 1.80 bits per heavy atom. The summed E-state index contributed by atoms with van der Waals surface area (Å²) in [5.74, 6) is 0. The molecule has 4 nitrogen and oxygen atoms in total. The van der Waals surface area contributed by atoms with Crippen molar-refractivity contribution >= 4 is 33.2 Å². The van der Waals surface area contributed by atoms with E-state index in [4.69, 9.17) is 23.2 Å². The molecule has 1 heterocycles. The molecule has 0 aliphatic heterocycles. The van der Waals surface area contributed by atoms with Gasteiger partial charge in [-0.3, -0.25) is 0 Å². The van der Waals surface area contributed by atoms with Crippen LogP contribution in [0.3, 0.4) is 0 Å². The fourth-order valence-electron chi connectivity index (χ4n) is 1.67. The largest absolute Gasteiger partial charge is 0.241 e. The Balaban J connectivity index is 2.15. The molecule has 2 aromatic rings. The minimum atomic E-state index is -3.57. The zero-order valence-electron chi connectivity index (χ0n) is 10.6. The van der Waals surface area contributed by atoms with Crippen molar-refractivity contribution in [2.45, 2.75) is 18.4 Å². The quantitative estimate of drug-likeness (QED) is 0.876. The van der Waals surface area contributed by atoms with Crippen LogP contribution in [0.2, 0.25) is 10.2 Å². The smallest absolute Gasteiger partial charge is 0.240 e. The molecule has 1 N–H and O–H groups in total. The van der Waals surface area contributed by atoms with Crippen LogP contribution >= 0.6 is 23.2 Å². The minimum absolute atomic E-state index is 0.147. The van der Waals surface area contributed by atoms with Crippen molar-refractivity contribution in [1.29, 1.82) is 0 Å². The Morgan fingerprint density at radius 3 is 2.40 bits per heavy atom. The lowest BCUT2D eigenvalue weighted by Gasteiger charge is -2.08. The topological polar surface area (TPSA) is 59.1 Å². The molecule has 0 radical (unpaired) electrons. The van der Waals surface area contributed by atoms with Gasteiger partial charge in [0.05, 0.1) is 4.90 Å². The highest BCUT2D eigenvalue weighted by atomic mass is 35.5. The van der Waals surface area contributed by atoms with E-state index in [1.54, 1.807) is 19.1 Å². The summed E-state index contributed by atoms with van der Waals surface area (Å²) in [4.78, 5) is 4.19. The van der Waals surface area contributed by atoms with Gasteiger partial charge in [0.1, 0.15) is 5.15 Å². The number of nitrogens with one attached hydrogen (secondary N) is 1. The van der Waals surface area contributed by atoms with Gasteiger partial charge in [0.15, 0.2) is 0 Å². The van der Waals surface area contributed by atoms with Gasteiger partial charge in [-0.1, -0.05) is 23.2 Å². The second-order valence-corrected chi connectivity index (χ2v) is 6.81. The van der Waals surface area contributed by atoms with Crippen LogP contribution in [0.15, 0.2) is 41.3 Å². The molecule has 0 unspecified atom stereocenters. The predicted octanol–water partition coefficient (Wildman–Crippen LogP) is 3.18. The number of hydrogen-bond donors (Lipinski definition) is 1. The number of rotatable bonds is 4. The highest BCUT2D eigenvalue weighted by Crippen LogP contribution is 2.15. The van der Waals surface area contributed by atoms with E-state index in [1.807, 2.05) is 0 Å². The Labute approximate surface area is 127 Å². The van der Waals surface area contributed by atoms with Gasteiger partial charge in [-0.05, 0) is 48.9 Å². The van der Waals surface area contributed by atoms with E-state index >= 15 is 0 Å². The van der Waals surface area contributed by atoms with E-state index in [1.165, 1.54) is 24.3 Å². The fourth-order valence-corrected chi connectivity index (χ4v) is 3.09. The maximum absolute atomic E-state index is 12.1. The van der Waals surface area contributed by atoms with E-state index in [0.29, 0.717) is 10.2 Å². The van der Waals surface area contributed by atoms with Crippen molar-refractivity contribution in [3.05, 3.63) is 57.8 Å². The number of aryl methyl sites for hydroxylation is 1. The van der Waals surface area contributed by atoms with Crippen LogP contribution in [0.4, 0.5) is 0 Å². The number of sulfonamides is 1. The molecule has 0 saturated carbocycles. The first-order chi connectivity index (χ1) is 9.37. The average Bonchev–Trinajstić information content (AvgIpc) is 2.36. The minimum Gasteiger partial charge on any atom is -0.241 e. The molecule has 1 aromatic carbocycles. The van der Waals surface area contributed by atoms with Crippen LogP contribution in [0.5, 0.6) is 0 Å². The SMILES string of the molecule is Cc1cc(CNS(=O)(=O)c2ccc(Cl)cc2)cc(Cl)n1. The van der Waals surface area contributed by atoms with Gasteiger partial charge in [-0.2, -0.15) is 0 Å². The average molecular weight is 331 g/mol. The van der Waals surface area contributed by atoms with Gasteiger partial charge in [0.25, 0.3) is 0 Å². The fraction of sp³-hybridized carbons (Fsp3) is 0.154. The predicted molar refractivity (Wildman–Crippen MR) is 79.5 cm³/mol. The maximum Gasteiger partial charge on any atom is 0.240 e. The Kier molecular flexibility index (Phi) is 4.65. The first kappa shape index (κ1) is 15.3. The first-order valence-electron chi connectivity index (χ1n) is 5.75. The number of pyridine rings is 1. The summed E-state index contributed by atoms with van der Waals surface area (Å²) in [6.07, 6.45) is 0. The van der Waals surface area contributed by atoms with Crippen LogP contribution in [0, 0.1) is 6.92 Å². The Hall–Kier alpha value is -1.14. The molecular weight excluding hydrogens is 319 g/mol. The lowest BCUT2D eigenvalue weighted by molar-refractivity contribution is 0.581. The van der Waals surface area contributed by atoms with Crippen LogP contribution in [-0.2, 0) is 16.6 Å². The van der Waals surface area contributed by atoms with Crippen molar-refractivity contribution in [1.82, 2.24) is 9.71 Å². The van der Waals surface area contributed by atoms with Gasteiger partial charge in [-0.15, -0.1) is 0 Å². The molecular formula is C13H12Cl2N2O2S. The number of hydrogen-bond acceptors (Lipinski definition) is 3. The summed E-state index contributed by atoms with van der Waals surface area (Å²) in [7, 11) is -3.57. The van der Waals surface area contributed by atoms with E-state index < -0.39 is 10.0 Å². The number of halogens is 2. The molecule has 1 aromatic heterocycles. The standard InChI is InChI=1S/C13H12Cl2N2O2S/c1-9-6-10(7-13(15)17-9)8-16-20(18,19)12-4-2-11(14)3-5-12/h2-7,16H,8H2,1H3. The van der Waals surface area contributed by atoms with Crippen molar-refractivity contribution in [3.8, 4) is 0 Å². The molecule has 0 spiro atoms. The zero-order chi connectivity index (χ0) is 14.8. The Bertz CT molecular complexity index is 695. The van der Waals surface area contributed by atoms with Crippen LogP contribution in [0.25, 0.3) is 0 Å². The van der Waals surface area contributed by atoms with E-state index in [2.05, 4.69) is 9.71 Å². The lowest BCUT2D eigenvalue weighted by atomic mass is 10.2. The normalized spacial score (nSPS) is 11.6. The lowest BCUT2D eigenvalue weighted by Crippen LogP contribution is -2.23. The molecule has 0 aliphatic carbocycles. The second kappa shape index (κ2) is 6.10. The van der Waals surface area contributed by atoms with Gasteiger partial charge in [0.2, 0.25) is 10.0 Å². The molecule has 20 heavy (non-hydrogen) atoms. The number of aromatic nitrogens is 1. The van der Waals surface area contributed by atoms with Crippen LogP contribution in [-0.4, -0.2) is 13.4 Å². The zero-order valence-corrected chi connectivity index (χ0v) is 12.9. The highest BCUT2D eigenvalue weighted by molar-refractivity contribution is 7.89. The molecule has 2 rings (SSSR count). The third-order valence-corrected chi connectivity index (χ3v) is 4.43. The third-order valence-electron chi connectivity index (χ3n) is 2.57. The van der Waals surface area contributed by atoms with E-state index in [0.717, 1.165) is 11.3 Å². The summed E-state index contributed by atoms with van der Waals surface area (Å²) < 4.78 is 26.7. The Morgan fingerprint density at radius 1 is 1.15 bits per heavy atom. The molecule has 0 aliphatic rings. The monoisotopic (exact) mass is 330 g/mol. The van der Waals surface area contributed by atoms with Gasteiger partial charge >= 0.3 is 0 Å². The van der Waals surface area contributed by atoms with Crippen LogP contribution < -0.4 is 4.72 Å². The van der Waals surface area contributed by atoms with Crippen molar-refractivity contribution in [2.75, 3.05) is 0 Å². The van der Waals surface area contributed by atoms with E-state index in [9.17, 15) is 8.42 Å². The van der Waals surface area contributed by atoms with Gasteiger partial charge < -0.3 is 0 Å². The summed E-state index contributed by atoms with van der Waals surface area (Å²) >= 11 is 11.6. The summed E-state index contributed by atoms with van der Waals surface area (Å²) in [6, 6.07) is 9.37. The molecule has 0 saturated heterocycles. The molecule has 0 amide bonds. The molecule has 0 bridgehead atoms. The maximum atomic E-state index is 12.1. The van der Waals surface area contributed by atoms with Gasteiger partial charge in [-0.25, -0.2) is 18.1 Å². The molecule has 0 fully saturated rings. The van der Waals surface area contributed by atoms with Gasteiger partial charge in [0, 0.05) is 17.3 Å². The highest BCUT2D eigenvalue weighted by Gasteiger charge is 2.13.